The molecule has 0 bridgehead atoms. The molecule has 174 valence electrons. The van der Waals surface area contributed by atoms with Crippen molar-refractivity contribution in [3.05, 3.63) is 114 Å². The van der Waals surface area contributed by atoms with Gasteiger partial charge in [0.1, 0.15) is 5.25 Å². The van der Waals surface area contributed by atoms with Crippen molar-refractivity contribution in [2.45, 2.75) is 24.3 Å². The van der Waals surface area contributed by atoms with Gasteiger partial charge in [-0.1, -0.05) is 66.4 Å². The van der Waals surface area contributed by atoms with Gasteiger partial charge in [-0.05, 0) is 66.9 Å². The SMILES string of the molecule is Cc1cc(C)cc(NC(=O)C(Sc2nnc(-c3ccco3)n2-c2ccccc2)c2ccccc2)c1. The second kappa shape index (κ2) is 10.0. The number of para-hydroxylation sites is 1. The van der Waals surface area contributed by atoms with Crippen LogP contribution < -0.4 is 5.32 Å². The van der Waals surface area contributed by atoms with Gasteiger partial charge in [0.05, 0.1) is 6.26 Å². The molecule has 0 aliphatic heterocycles. The van der Waals surface area contributed by atoms with E-state index in [2.05, 4.69) is 21.6 Å². The van der Waals surface area contributed by atoms with Crippen LogP contribution in [0.1, 0.15) is 21.9 Å². The maximum atomic E-state index is 13.6. The Bertz CT molecular complexity index is 1410. The zero-order valence-electron chi connectivity index (χ0n) is 19.4. The molecular formula is C28H24N4O2S. The summed E-state index contributed by atoms with van der Waals surface area (Å²) in [4.78, 5) is 13.6. The number of benzene rings is 3. The predicted molar refractivity (Wildman–Crippen MR) is 139 cm³/mol. The lowest BCUT2D eigenvalue weighted by Crippen LogP contribution is -2.19. The summed E-state index contributed by atoms with van der Waals surface area (Å²) in [7, 11) is 0. The van der Waals surface area contributed by atoms with Gasteiger partial charge in [0, 0.05) is 11.4 Å². The third-order valence-corrected chi connectivity index (χ3v) is 6.64. The topological polar surface area (TPSA) is 73.0 Å². The first-order valence-electron chi connectivity index (χ1n) is 11.2. The van der Waals surface area contributed by atoms with Crippen LogP contribution in [0, 0.1) is 13.8 Å². The Labute approximate surface area is 208 Å². The Hall–Kier alpha value is -4.10. The molecule has 2 aromatic heterocycles. The minimum absolute atomic E-state index is 0.131. The Morgan fingerprint density at radius 3 is 2.23 bits per heavy atom. The minimum atomic E-state index is -0.548. The van der Waals surface area contributed by atoms with Crippen molar-refractivity contribution in [3.63, 3.8) is 0 Å². The number of amides is 1. The number of hydrogen-bond acceptors (Lipinski definition) is 5. The second-order valence-electron chi connectivity index (χ2n) is 8.23. The average Bonchev–Trinajstić information content (AvgIpc) is 3.53. The fourth-order valence-electron chi connectivity index (χ4n) is 3.98. The van der Waals surface area contributed by atoms with Crippen LogP contribution in [0.4, 0.5) is 5.69 Å². The van der Waals surface area contributed by atoms with E-state index in [-0.39, 0.29) is 5.91 Å². The van der Waals surface area contributed by atoms with E-state index in [0.29, 0.717) is 16.7 Å². The van der Waals surface area contributed by atoms with Crippen molar-refractivity contribution in [2.24, 2.45) is 0 Å². The van der Waals surface area contributed by atoms with Crippen molar-refractivity contribution in [1.82, 2.24) is 14.8 Å². The Morgan fingerprint density at radius 1 is 0.886 bits per heavy atom. The van der Waals surface area contributed by atoms with Crippen LogP contribution in [0.2, 0.25) is 0 Å². The summed E-state index contributed by atoms with van der Waals surface area (Å²) in [5, 5.41) is 12.0. The third kappa shape index (κ3) is 5.05. The van der Waals surface area contributed by atoms with Crippen molar-refractivity contribution in [2.75, 3.05) is 5.32 Å². The predicted octanol–water partition coefficient (Wildman–Crippen LogP) is 6.62. The Kier molecular flexibility index (Phi) is 6.50. The number of aryl methyl sites for hydroxylation is 2. The Balaban J connectivity index is 1.55. The monoisotopic (exact) mass is 480 g/mol. The van der Waals surface area contributed by atoms with Crippen molar-refractivity contribution < 1.29 is 9.21 Å². The highest BCUT2D eigenvalue weighted by atomic mass is 32.2. The van der Waals surface area contributed by atoms with Gasteiger partial charge < -0.3 is 9.73 Å². The number of aromatic nitrogens is 3. The van der Waals surface area contributed by atoms with Gasteiger partial charge in [0.15, 0.2) is 10.9 Å². The summed E-state index contributed by atoms with van der Waals surface area (Å²) in [5.74, 6) is 1.04. The molecule has 1 amide bonds. The molecule has 0 spiro atoms. The number of rotatable bonds is 7. The lowest BCUT2D eigenvalue weighted by atomic mass is 10.1. The first-order chi connectivity index (χ1) is 17.1. The number of thioether (sulfide) groups is 1. The molecule has 0 aliphatic rings. The molecule has 2 heterocycles. The molecule has 0 aliphatic carbocycles. The molecule has 5 rings (SSSR count). The number of furan rings is 1. The fraction of sp³-hybridized carbons (Fsp3) is 0.107. The van der Waals surface area contributed by atoms with Crippen LogP contribution in [-0.2, 0) is 4.79 Å². The van der Waals surface area contributed by atoms with Crippen LogP contribution in [0.25, 0.3) is 17.3 Å². The Morgan fingerprint density at radius 2 is 1.57 bits per heavy atom. The molecule has 35 heavy (non-hydrogen) atoms. The van der Waals surface area contributed by atoms with E-state index in [9.17, 15) is 4.79 Å². The smallest absolute Gasteiger partial charge is 0.242 e. The molecule has 1 atom stereocenters. The zero-order valence-corrected chi connectivity index (χ0v) is 20.2. The van der Waals surface area contributed by atoms with Crippen molar-refractivity contribution in [3.8, 4) is 17.3 Å². The van der Waals surface area contributed by atoms with Gasteiger partial charge in [0.25, 0.3) is 0 Å². The van der Waals surface area contributed by atoms with Crippen LogP contribution in [0.3, 0.4) is 0 Å². The van der Waals surface area contributed by atoms with Gasteiger partial charge >= 0.3 is 0 Å². The molecular weight excluding hydrogens is 456 g/mol. The molecule has 0 saturated heterocycles. The second-order valence-corrected chi connectivity index (χ2v) is 9.30. The number of nitrogens with one attached hydrogen (secondary N) is 1. The van der Waals surface area contributed by atoms with E-state index in [1.165, 1.54) is 11.8 Å². The van der Waals surface area contributed by atoms with Crippen molar-refractivity contribution >= 4 is 23.4 Å². The number of hydrogen-bond donors (Lipinski definition) is 1. The van der Waals surface area contributed by atoms with Gasteiger partial charge in [-0.25, -0.2) is 0 Å². The van der Waals surface area contributed by atoms with Crippen LogP contribution in [-0.4, -0.2) is 20.7 Å². The molecule has 6 nitrogen and oxygen atoms in total. The number of anilines is 1. The van der Waals surface area contributed by atoms with Gasteiger partial charge in [-0.15, -0.1) is 10.2 Å². The van der Waals surface area contributed by atoms with Crippen LogP contribution >= 0.6 is 11.8 Å². The van der Waals surface area contributed by atoms with Crippen molar-refractivity contribution in [1.29, 1.82) is 0 Å². The highest BCUT2D eigenvalue weighted by Gasteiger charge is 2.27. The van der Waals surface area contributed by atoms with E-state index in [4.69, 9.17) is 4.42 Å². The van der Waals surface area contributed by atoms with Crippen LogP contribution in [0.5, 0.6) is 0 Å². The molecule has 0 saturated carbocycles. The summed E-state index contributed by atoms with van der Waals surface area (Å²) in [6.45, 7) is 4.04. The highest BCUT2D eigenvalue weighted by molar-refractivity contribution is 8.00. The lowest BCUT2D eigenvalue weighted by molar-refractivity contribution is -0.115. The molecule has 5 aromatic rings. The quantitative estimate of drug-likeness (QED) is 0.265. The largest absolute Gasteiger partial charge is 0.461 e. The van der Waals surface area contributed by atoms with E-state index >= 15 is 0 Å². The summed E-state index contributed by atoms with van der Waals surface area (Å²) in [6.07, 6.45) is 1.61. The van der Waals surface area contributed by atoms with Gasteiger partial charge in [0.2, 0.25) is 11.7 Å². The maximum Gasteiger partial charge on any atom is 0.242 e. The van der Waals surface area contributed by atoms with Gasteiger partial charge in [-0.2, -0.15) is 0 Å². The molecule has 7 heteroatoms. The van der Waals surface area contributed by atoms with Gasteiger partial charge in [-0.3, -0.25) is 9.36 Å². The number of carbonyl (C=O) groups is 1. The summed E-state index contributed by atoms with van der Waals surface area (Å²) < 4.78 is 7.54. The van der Waals surface area contributed by atoms with E-state index in [1.54, 1.807) is 6.26 Å². The van der Waals surface area contributed by atoms with E-state index in [0.717, 1.165) is 28.1 Å². The zero-order chi connectivity index (χ0) is 24.2. The molecule has 0 radical (unpaired) electrons. The maximum absolute atomic E-state index is 13.6. The lowest BCUT2D eigenvalue weighted by Gasteiger charge is -2.18. The highest BCUT2D eigenvalue weighted by Crippen LogP contribution is 2.38. The summed E-state index contributed by atoms with van der Waals surface area (Å²) >= 11 is 1.35. The molecule has 1 N–H and O–H groups in total. The first-order valence-corrected chi connectivity index (χ1v) is 12.1. The minimum Gasteiger partial charge on any atom is -0.461 e. The third-order valence-electron chi connectivity index (χ3n) is 5.44. The number of carbonyl (C=O) groups excluding carboxylic acids is 1. The summed E-state index contributed by atoms with van der Waals surface area (Å²) in [6, 6.07) is 29.2. The first kappa shape index (κ1) is 22.7. The molecule has 3 aromatic carbocycles. The normalized spacial score (nSPS) is 11.8. The summed E-state index contributed by atoms with van der Waals surface area (Å²) in [5.41, 5.74) is 4.72. The molecule has 0 fully saturated rings. The van der Waals surface area contributed by atoms with E-state index < -0.39 is 5.25 Å². The van der Waals surface area contributed by atoms with Crippen LogP contribution in [0.15, 0.2) is 107 Å². The number of nitrogens with zero attached hydrogens (tertiary/aromatic N) is 3. The van der Waals surface area contributed by atoms with E-state index in [1.807, 2.05) is 103 Å². The average molecular weight is 481 g/mol. The standard InChI is InChI=1S/C28H24N4O2S/c1-19-16-20(2)18-22(17-19)29-27(33)25(21-10-5-3-6-11-21)35-28-31-30-26(24-14-9-15-34-24)32(28)23-12-7-4-8-13-23/h3-18,25H,1-2H3,(H,29,33). The fourth-order valence-corrected chi connectivity index (χ4v) is 5.04. The molecule has 1 unspecified atom stereocenters.